The number of hydrogen-bond acceptors (Lipinski definition) is 4. The van der Waals surface area contributed by atoms with Crippen molar-refractivity contribution in [2.24, 2.45) is 4.99 Å². The zero-order valence-electron chi connectivity index (χ0n) is 19.2. The first-order chi connectivity index (χ1) is 15.2. The van der Waals surface area contributed by atoms with E-state index in [0.29, 0.717) is 12.1 Å². The highest BCUT2D eigenvalue weighted by Crippen LogP contribution is 2.19. The smallest absolute Gasteiger partial charge is 0.191 e. The molecule has 0 aliphatic carbocycles. The summed E-state index contributed by atoms with van der Waals surface area (Å²) in [6.07, 6.45) is 1.43. The fraction of sp³-hybridized carbons (Fsp3) is 0.480. The van der Waals surface area contributed by atoms with Crippen molar-refractivity contribution in [3.05, 3.63) is 65.7 Å². The van der Waals surface area contributed by atoms with Gasteiger partial charge < -0.3 is 20.3 Å². The maximum absolute atomic E-state index is 5.66. The van der Waals surface area contributed by atoms with Crippen molar-refractivity contribution >= 4 is 35.6 Å². The lowest BCUT2D eigenvalue weighted by atomic mass is 10.1. The molecule has 2 N–H and O–H groups in total. The van der Waals surface area contributed by atoms with Crippen LogP contribution in [0.4, 0.5) is 5.69 Å². The van der Waals surface area contributed by atoms with Gasteiger partial charge in [0.25, 0.3) is 0 Å². The van der Waals surface area contributed by atoms with E-state index >= 15 is 0 Å². The second-order valence-electron chi connectivity index (χ2n) is 8.57. The molecule has 2 unspecified atom stereocenters. The largest absolute Gasteiger partial charge is 0.376 e. The highest BCUT2D eigenvalue weighted by atomic mass is 127. The Morgan fingerprint density at radius 1 is 1.06 bits per heavy atom. The molecule has 0 amide bonds. The lowest BCUT2D eigenvalue weighted by molar-refractivity contribution is -0.0212. The van der Waals surface area contributed by atoms with E-state index in [1.807, 2.05) is 7.05 Å². The van der Waals surface area contributed by atoms with Crippen LogP contribution < -0.4 is 15.5 Å². The molecule has 2 fully saturated rings. The van der Waals surface area contributed by atoms with Gasteiger partial charge in [-0.1, -0.05) is 42.5 Å². The number of morpholine rings is 1. The van der Waals surface area contributed by atoms with Crippen LogP contribution >= 0.6 is 24.0 Å². The molecule has 2 aromatic rings. The fourth-order valence-electron chi connectivity index (χ4n) is 4.46. The van der Waals surface area contributed by atoms with Crippen LogP contribution in [0.5, 0.6) is 0 Å². The number of hydrogen-bond donors (Lipinski definition) is 2. The van der Waals surface area contributed by atoms with Gasteiger partial charge in [-0.05, 0) is 36.6 Å². The number of rotatable bonds is 6. The van der Waals surface area contributed by atoms with E-state index in [9.17, 15) is 0 Å². The van der Waals surface area contributed by atoms with Crippen LogP contribution in [0.3, 0.4) is 0 Å². The van der Waals surface area contributed by atoms with Gasteiger partial charge in [0.05, 0.1) is 12.7 Å². The van der Waals surface area contributed by atoms with E-state index in [2.05, 4.69) is 86.9 Å². The normalized spacial score (nSPS) is 21.8. The molecule has 2 aliphatic rings. The Balaban J connectivity index is 0.00000289. The molecular formula is C25H36IN5O. The Morgan fingerprint density at radius 3 is 2.66 bits per heavy atom. The molecule has 6 nitrogen and oxygen atoms in total. The fourth-order valence-corrected chi connectivity index (χ4v) is 4.46. The Bertz CT molecular complexity index is 862. The van der Waals surface area contributed by atoms with E-state index in [1.165, 1.54) is 16.8 Å². The first-order valence-electron chi connectivity index (χ1n) is 11.4. The summed E-state index contributed by atoms with van der Waals surface area (Å²) in [6, 6.07) is 19.9. The Labute approximate surface area is 209 Å². The highest BCUT2D eigenvalue weighted by Gasteiger charge is 2.23. The maximum atomic E-state index is 5.66. The molecule has 0 spiro atoms. The van der Waals surface area contributed by atoms with Gasteiger partial charge in [0.1, 0.15) is 0 Å². The number of anilines is 1. The summed E-state index contributed by atoms with van der Waals surface area (Å²) in [5.41, 5.74) is 3.92. The third-order valence-electron chi connectivity index (χ3n) is 6.06. The molecule has 174 valence electrons. The summed E-state index contributed by atoms with van der Waals surface area (Å²) in [4.78, 5) is 9.35. The lowest BCUT2D eigenvalue weighted by Crippen LogP contribution is -2.44. The van der Waals surface area contributed by atoms with Crippen molar-refractivity contribution in [1.82, 2.24) is 15.5 Å². The minimum absolute atomic E-state index is 0. The van der Waals surface area contributed by atoms with Crippen molar-refractivity contribution in [2.75, 3.05) is 44.7 Å². The quantitative estimate of drug-likeness (QED) is 0.329. The van der Waals surface area contributed by atoms with Crippen molar-refractivity contribution < 1.29 is 4.74 Å². The molecule has 0 radical (unpaired) electrons. The minimum atomic E-state index is 0. The second-order valence-corrected chi connectivity index (χ2v) is 8.57. The Hall–Kier alpha value is -1.84. The number of ether oxygens (including phenoxy) is 1. The molecule has 2 saturated heterocycles. The van der Waals surface area contributed by atoms with Gasteiger partial charge in [-0.3, -0.25) is 9.89 Å². The molecule has 2 aliphatic heterocycles. The summed E-state index contributed by atoms with van der Waals surface area (Å²) in [7, 11) is 1.84. The number of halogens is 1. The molecule has 4 rings (SSSR count). The number of para-hydroxylation sites is 1. The number of nitrogens with one attached hydrogen (secondary N) is 2. The van der Waals surface area contributed by atoms with Crippen LogP contribution in [0.2, 0.25) is 0 Å². The molecule has 7 heteroatoms. The second kappa shape index (κ2) is 12.4. The summed E-state index contributed by atoms with van der Waals surface area (Å²) in [5.74, 6) is 0.868. The number of nitrogens with zero attached hydrogens (tertiary/aromatic N) is 3. The van der Waals surface area contributed by atoms with Crippen LogP contribution in [0.25, 0.3) is 0 Å². The summed E-state index contributed by atoms with van der Waals surface area (Å²) in [5, 5.41) is 7.09. The topological polar surface area (TPSA) is 52.1 Å². The van der Waals surface area contributed by atoms with Gasteiger partial charge in [-0.2, -0.15) is 0 Å². The zero-order valence-corrected chi connectivity index (χ0v) is 21.5. The predicted molar refractivity (Wildman–Crippen MR) is 143 cm³/mol. The van der Waals surface area contributed by atoms with Gasteiger partial charge in [0, 0.05) is 58.0 Å². The van der Waals surface area contributed by atoms with E-state index in [1.54, 1.807) is 0 Å². The maximum Gasteiger partial charge on any atom is 0.191 e. The van der Waals surface area contributed by atoms with Gasteiger partial charge >= 0.3 is 0 Å². The first-order valence-corrected chi connectivity index (χ1v) is 11.4. The molecule has 2 aromatic carbocycles. The van der Waals surface area contributed by atoms with Crippen molar-refractivity contribution in [3.63, 3.8) is 0 Å². The highest BCUT2D eigenvalue weighted by molar-refractivity contribution is 14.0. The van der Waals surface area contributed by atoms with Crippen LogP contribution in [0.15, 0.2) is 59.6 Å². The van der Waals surface area contributed by atoms with E-state index in [0.717, 1.165) is 58.3 Å². The molecule has 2 heterocycles. The van der Waals surface area contributed by atoms with Gasteiger partial charge in [0.2, 0.25) is 0 Å². The van der Waals surface area contributed by atoms with Crippen molar-refractivity contribution in [2.45, 2.75) is 38.6 Å². The molecular weight excluding hydrogens is 513 g/mol. The zero-order chi connectivity index (χ0) is 21.5. The molecule has 0 saturated carbocycles. The summed E-state index contributed by atoms with van der Waals surface area (Å²) < 4.78 is 5.66. The van der Waals surface area contributed by atoms with Crippen molar-refractivity contribution in [3.8, 4) is 0 Å². The lowest BCUT2D eigenvalue weighted by Gasteiger charge is -2.31. The molecule has 2 atom stereocenters. The number of guanidine groups is 1. The monoisotopic (exact) mass is 549 g/mol. The van der Waals surface area contributed by atoms with Crippen LogP contribution in [0.1, 0.15) is 24.5 Å². The number of aliphatic imine (C=N–C) groups is 1. The van der Waals surface area contributed by atoms with Crippen molar-refractivity contribution in [1.29, 1.82) is 0 Å². The van der Waals surface area contributed by atoms with Gasteiger partial charge in [-0.15, -0.1) is 24.0 Å². The average molecular weight is 550 g/mol. The van der Waals surface area contributed by atoms with Crippen LogP contribution in [0, 0.1) is 0 Å². The van der Waals surface area contributed by atoms with Gasteiger partial charge in [0.15, 0.2) is 5.96 Å². The third-order valence-corrected chi connectivity index (χ3v) is 6.06. The number of benzene rings is 2. The Morgan fingerprint density at radius 2 is 1.88 bits per heavy atom. The van der Waals surface area contributed by atoms with E-state index in [4.69, 9.17) is 4.74 Å². The standard InChI is InChI=1S/C25H35N5O.HI/c1-20-17-29(13-14-31-20)18-22-8-6-7-21(15-22)16-27-25(26-2)28-23-11-12-30(19-23)24-9-4-3-5-10-24;/h3-10,15,20,23H,11-14,16-19H2,1-2H3,(H2,26,27,28);1H. The third kappa shape index (κ3) is 7.08. The molecule has 0 bridgehead atoms. The van der Waals surface area contributed by atoms with Crippen LogP contribution in [-0.4, -0.2) is 62.8 Å². The average Bonchev–Trinajstić information content (AvgIpc) is 3.26. The minimum Gasteiger partial charge on any atom is -0.376 e. The van der Waals surface area contributed by atoms with E-state index < -0.39 is 0 Å². The predicted octanol–water partition coefficient (Wildman–Crippen LogP) is 3.47. The van der Waals surface area contributed by atoms with Gasteiger partial charge in [-0.25, -0.2) is 0 Å². The molecule has 32 heavy (non-hydrogen) atoms. The first kappa shape index (κ1) is 24.8. The SMILES string of the molecule is CN=C(NCc1cccc(CN2CCOC(C)C2)c1)NC1CCN(c2ccccc2)C1.I. The molecule has 0 aromatic heterocycles. The summed E-state index contributed by atoms with van der Waals surface area (Å²) in [6.45, 7) is 8.79. The van der Waals surface area contributed by atoms with Crippen LogP contribution in [-0.2, 0) is 17.8 Å². The summed E-state index contributed by atoms with van der Waals surface area (Å²) >= 11 is 0. The Kier molecular flexibility index (Phi) is 9.62. The van der Waals surface area contributed by atoms with E-state index in [-0.39, 0.29) is 24.0 Å².